The quantitative estimate of drug-likeness (QED) is 0.875. The van der Waals surface area contributed by atoms with Crippen molar-refractivity contribution in [3.05, 3.63) is 59.1 Å². The summed E-state index contributed by atoms with van der Waals surface area (Å²) < 4.78 is 5.73. The predicted molar refractivity (Wildman–Crippen MR) is 92.0 cm³/mol. The number of hydrogen-bond donors (Lipinski definition) is 2. The first-order valence-electron chi connectivity index (χ1n) is 7.68. The third kappa shape index (κ3) is 4.26. The van der Waals surface area contributed by atoms with E-state index < -0.39 is 6.04 Å². The number of carbonyl (C=O) groups is 2. The molecule has 0 aliphatic carbocycles. The van der Waals surface area contributed by atoms with Crippen molar-refractivity contribution >= 4 is 29.1 Å². The monoisotopic (exact) mass is 344 g/mol. The van der Waals surface area contributed by atoms with Crippen LogP contribution in [0.15, 0.2) is 48.5 Å². The van der Waals surface area contributed by atoms with Crippen molar-refractivity contribution in [2.45, 2.75) is 25.5 Å². The van der Waals surface area contributed by atoms with Gasteiger partial charge in [0.05, 0.1) is 0 Å². The zero-order valence-electron chi connectivity index (χ0n) is 12.9. The van der Waals surface area contributed by atoms with E-state index >= 15 is 0 Å². The molecule has 3 rings (SSSR count). The molecule has 1 aliphatic rings. The number of carbonyl (C=O) groups excluding carboxylic acids is 2. The minimum absolute atomic E-state index is 0.0878. The zero-order valence-corrected chi connectivity index (χ0v) is 13.7. The minimum atomic E-state index is -0.462. The van der Waals surface area contributed by atoms with Crippen molar-refractivity contribution in [3.63, 3.8) is 0 Å². The molecule has 24 heavy (non-hydrogen) atoms. The van der Waals surface area contributed by atoms with Gasteiger partial charge in [-0.15, -0.1) is 0 Å². The standard InChI is InChI=1S/C18H17ClN2O3/c19-13-6-4-12(5-7-13)11-24-15-3-1-2-14(10-15)20-18(23)16-8-9-17(22)21-16/h1-7,10,16H,8-9,11H2,(H,20,23)(H,21,22). The molecular formula is C18H17ClN2O3. The van der Waals surface area contributed by atoms with Gasteiger partial charge in [0.2, 0.25) is 11.8 Å². The zero-order chi connectivity index (χ0) is 16.9. The summed E-state index contributed by atoms with van der Waals surface area (Å²) >= 11 is 5.85. The molecule has 0 aromatic heterocycles. The lowest BCUT2D eigenvalue weighted by Crippen LogP contribution is -2.37. The SMILES string of the molecule is O=C1CCC(C(=O)Nc2cccc(OCc3ccc(Cl)cc3)c2)N1. The van der Waals surface area contributed by atoms with E-state index in [1.165, 1.54) is 0 Å². The normalized spacial score (nSPS) is 16.5. The van der Waals surface area contributed by atoms with Gasteiger partial charge in [-0.2, -0.15) is 0 Å². The van der Waals surface area contributed by atoms with Crippen LogP contribution in [0.2, 0.25) is 5.02 Å². The van der Waals surface area contributed by atoms with Crippen molar-refractivity contribution < 1.29 is 14.3 Å². The second kappa shape index (κ2) is 7.36. The Kier molecular flexibility index (Phi) is 5.01. The number of rotatable bonds is 5. The van der Waals surface area contributed by atoms with E-state index in [2.05, 4.69) is 10.6 Å². The van der Waals surface area contributed by atoms with Crippen LogP contribution in [0.25, 0.3) is 0 Å². The first kappa shape index (κ1) is 16.3. The van der Waals surface area contributed by atoms with Crippen molar-refractivity contribution in [1.29, 1.82) is 0 Å². The van der Waals surface area contributed by atoms with Crippen molar-refractivity contribution in [1.82, 2.24) is 5.32 Å². The molecule has 1 aliphatic heterocycles. The second-order valence-electron chi connectivity index (χ2n) is 5.59. The van der Waals surface area contributed by atoms with Crippen molar-refractivity contribution in [2.24, 2.45) is 0 Å². The van der Waals surface area contributed by atoms with E-state index in [1.807, 2.05) is 30.3 Å². The third-order valence-electron chi connectivity index (χ3n) is 3.73. The van der Waals surface area contributed by atoms with Gasteiger partial charge >= 0.3 is 0 Å². The van der Waals surface area contributed by atoms with Crippen LogP contribution in [0.1, 0.15) is 18.4 Å². The van der Waals surface area contributed by atoms with Crippen molar-refractivity contribution in [2.75, 3.05) is 5.32 Å². The molecule has 1 fully saturated rings. The molecule has 1 heterocycles. The summed E-state index contributed by atoms with van der Waals surface area (Å²) in [4.78, 5) is 23.3. The fourth-order valence-corrected chi connectivity index (χ4v) is 2.58. The molecule has 2 aromatic rings. The van der Waals surface area contributed by atoms with Crippen LogP contribution >= 0.6 is 11.6 Å². The molecule has 0 bridgehead atoms. The van der Waals surface area contributed by atoms with Gasteiger partial charge in [0.1, 0.15) is 18.4 Å². The molecule has 1 unspecified atom stereocenters. The van der Waals surface area contributed by atoms with Gasteiger partial charge in [-0.05, 0) is 36.2 Å². The van der Waals surface area contributed by atoms with Crippen LogP contribution < -0.4 is 15.4 Å². The highest BCUT2D eigenvalue weighted by Gasteiger charge is 2.27. The topological polar surface area (TPSA) is 67.4 Å². The molecular weight excluding hydrogens is 328 g/mol. The fraction of sp³-hybridized carbons (Fsp3) is 0.222. The lowest BCUT2D eigenvalue weighted by molar-refractivity contribution is -0.122. The minimum Gasteiger partial charge on any atom is -0.489 e. The highest BCUT2D eigenvalue weighted by Crippen LogP contribution is 2.20. The average Bonchev–Trinajstić information content (AvgIpc) is 3.01. The van der Waals surface area contributed by atoms with E-state index in [0.29, 0.717) is 35.9 Å². The summed E-state index contributed by atoms with van der Waals surface area (Å²) in [5.74, 6) is 0.351. The number of hydrogen-bond acceptors (Lipinski definition) is 3. The summed E-state index contributed by atoms with van der Waals surface area (Å²) in [7, 11) is 0. The smallest absolute Gasteiger partial charge is 0.246 e. The van der Waals surface area contributed by atoms with E-state index in [1.54, 1.807) is 18.2 Å². The van der Waals surface area contributed by atoms with Crippen LogP contribution in [0, 0.1) is 0 Å². The average molecular weight is 345 g/mol. The fourth-order valence-electron chi connectivity index (χ4n) is 2.45. The first-order valence-corrected chi connectivity index (χ1v) is 8.05. The molecule has 6 heteroatoms. The van der Waals surface area contributed by atoms with E-state index in [9.17, 15) is 9.59 Å². The number of benzene rings is 2. The Balaban J connectivity index is 1.58. The second-order valence-corrected chi connectivity index (χ2v) is 6.03. The Morgan fingerprint density at radius 2 is 2.04 bits per heavy atom. The van der Waals surface area contributed by atoms with Crippen LogP contribution in [0.5, 0.6) is 5.75 Å². The summed E-state index contributed by atoms with van der Waals surface area (Å²) in [5, 5.41) is 6.13. The summed E-state index contributed by atoms with van der Waals surface area (Å²) in [6, 6.07) is 14.1. The lowest BCUT2D eigenvalue weighted by atomic mass is 10.2. The number of halogens is 1. The third-order valence-corrected chi connectivity index (χ3v) is 3.98. The van der Waals surface area contributed by atoms with Gasteiger partial charge in [-0.1, -0.05) is 29.8 Å². The first-order chi connectivity index (χ1) is 11.6. The summed E-state index contributed by atoms with van der Waals surface area (Å²) in [5.41, 5.74) is 1.64. The Morgan fingerprint density at radius 3 is 2.75 bits per heavy atom. The van der Waals surface area contributed by atoms with E-state index in [4.69, 9.17) is 16.3 Å². The molecule has 2 aromatic carbocycles. The van der Waals surface area contributed by atoms with E-state index in [0.717, 1.165) is 5.56 Å². The van der Waals surface area contributed by atoms with Gasteiger partial charge in [0.15, 0.2) is 0 Å². The summed E-state index contributed by atoms with van der Waals surface area (Å²) in [6.07, 6.45) is 0.916. The van der Waals surface area contributed by atoms with Gasteiger partial charge in [-0.25, -0.2) is 0 Å². The highest BCUT2D eigenvalue weighted by atomic mass is 35.5. The Bertz CT molecular complexity index is 746. The van der Waals surface area contributed by atoms with Gasteiger partial charge in [0, 0.05) is 23.2 Å². The number of nitrogens with one attached hydrogen (secondary N) is 2. The molecule has 1 saturated heterocycles. The molecule has 0 spiro atoms. The molecule has 0 radical (unpaired) electrons. The number of ether oxygens (including phenoxy) is 1. The Labute approximate surface area is 145 Å². The van der Waals surface area contributed by atoms with E-state index in [-0.39, 0.29) is 11.8 Å². The predicted octanol–water partition coefficient (Wildman–Crippen LogP) is 3.14. The maximum atomic E-state index is 12.1. The summed E-state index contributed by atoms with van der Waals surface area (Å²) in [6.45, 7) is 0.410. The molecule has 2 amide bonds. The largest absolute Gasteiger partial charge is 0.489 e. The van der Waals surface area contributed by atoms with Crippen LogP contribution in [0.3, 0.4) is 0 Å². The Hall–Kier alpha value is -2.53. The van der Waals surface area contributed by atoms with Gasteiger partial charge in [-0.3, -0.25) is 9.59 Å². The van der Waals surface area contributed by atoms with Crippen LogP contribution in [0.4, 0.5) is 5.69 Å². The van der Waals surface area contributed by atoms with Gasteiger partial charge < -0.3 is 15.4 Å². The number of anilines is 1. The molecule has 0 saturated carbocycles. The van der Waals surface area contributed by atoms with Crippen molar-refractivity contribution in [3.8, 4) is 5.75 Å². The molecule has 2 N–H and O–H groups in total. The number of amides is 2. The van der Waals surface area contributed by atoms with Gasteiger partial charge in [0.25, 0.3) is 0 Å². The highest BCUT2D eigenvalue weighted by molar-refractivity contribution is 6.30. The molecule has 5 nitrogen and oxygen atoms in total. The van der Waals surface area contributed by atoms with Crippen LogP contribution in [-0.4, -0.2) is 17.9 Å². The van der Waals surface area contributed by atoms with Crippen LogP contribution in [-0.2, 0) is 16.2 Å². The Morgan fingerprint density at radius 1 is 1.25 bits per heavy atom. The molecule has 124 valence electrons. The molecule has 1 atom stereocenters. The lowest BCUT2D eigenvalue weighted by Gasteiger charge is -2.12. The maximum Gasteiger partial charge on any atom is 0.246 e. The maximum absolute atomic E-state index is 12.1.